The highest BCUT2D eigenvalue weighted by atomic mass is 79.9. The number of carbonyl (C=O) groups is 1. The average Bonchev–Trinajstić information content (AvgIpc) is 2.43. The Balaban J connectivity index is 2.28. The Morgan fingerprint density at radius 1 is 1.19 bits per heavy atom. The molecule has 5 heteroatoms. The van der Waals surface area contributed by atoms with Crippen LogP contribution in [0.25, 0.3) is 0 Å². The zero-order valence-corrected chi connectivity index (χ0v) is 12.9. The summed E-state index contributed by atoms with van der Waals surface area (Å²) in [5, 5.41) is 0. The molecule has 0 saturated carbocycles. The summed E-state index contributed by atoms with van der Waals surface area (Å²) in [4.78, 5) is 12.2. The second-order valence-electron chi connectivity index (χ2n) is 4.38. The number of rotatable bonds is 5. The summed E-state index contributed by atoms with van der Waals surface area (Å²) in [6, 6.07) is 8.96. The molecule has 0 bridgehead atoms. The van der Waals surface area contributed by atoms with E-state index >= 15 is 0 Å². The molecule has 0 aliphatic heterocycles. The molecule has 2 aromatic carbocycles. The molecule has 0 amide bonds. The number of hydrogen-bond acceptors (Lipinski definition) is 2. The van der Waals surface area contributed by atoms with Crippen LogP contribution in [0.4, 0.5) is 8.78 Å². The van der Waals surface area contributed by atoms with Crippen molar-refractivity contribution in [2.24, 2.45) is 0 Å². The highest BCUT2D eigenvalue weighted by molar-refractivity contribution is 9.10. The van der Waals surface area contributed by atoms with Gasteiger partial charge in [0, 0.05) is 34.2 Å². The first kappa shape index (κ1) is 15.6. The predicted octanol–water partition coefficient (Wildman–Crippen LogP) is 4.55. The molecule has 0 saturated heterocycles. The lowest BCUT2D eigenvalue weighted by molar-refractivity contribution is 0.0989. The molecule has 0 aliphatic carbocycles. The monoisotopic (exact) mass is 354 g/mol. The minimum absolute atomic E-state index is 0.115. The van der Waals surface area contributed by atoms with Crippen LogP contribution in [0.5, 0.6) is 5.75 Å². The number of hydrogen-bond donors (Lipinski definition) is 0. The fourth-order valence-corrected chi connectivity index (χ4v) is 2.45. The molecule has 110 valence electrons. The Hall–Kier alpha value is -1.75. The van der Waals surface area contributed by atoms with Crippen LogP contribution in [0.1, 0.15) is 22.8 Å². The third-order valence-corrected chi connectivity index (χ3v) is 3.63. The normalized spacial score (nSPS) is 10.5. The smallest absolute Gasteiger partial charge is 0.168 e. The van der Waals surface area contributed by atoms with E-state index in [0.29, 0.717) is 16.6 Å². The largest absolute Gasteiger partial charge is 0.494 e. The maximum atomic E-state index is 13.9. The third-order valence-electron chi connectivity index (χ3n) is 2.94. The van der Waals surface area contributed by atoms with Crippen molar-refractivity contribution in [1.82, 2.24) is 0 Å². The van der Waals surface area contributed by atoms with Gasteiger partial charge >= 0.3 is 0 Å². The molecule has 0 atom stereocenters. The lowest BCUT2D eigenvalue weighted by Crippen LogP contribution is -2.08. The maximum Gasteiger partial charge on any atom is 0.168 e. The molecule has 21 heavy (non-hydrogen) atoms. The van der Waals surface area contributed by atoms with Gasteiger partial charge in [0.1, 0.15) is 17.4 Å². The molecule has 0 fully saturated rings. The van der Waals surface area contributed by atoms with Crippen molar-refractivity contribution >= 4 is 21.7 Å². The minimum atomic E-state index is -0.779. The van der Waals surface area contributed by atoms with Gasteiger partial charge in [0.2, 0.25) is 0 Å². The fraction of sp³-hybridized carbons (Fsp3) is 0.188. The second kappa shape index (κ2) is 6.80. The lowest BCUT2D eigenvalue weighted by Gasteiger charge is -2.09. The average molecular weight is 355 g/mol. The molecule has 0 spiro atoms. The van der Waals surface area contributed by atoms with Gasteiger partial charge in [0.25, 0.3) is 0 Å². The summed E-state index contributed by atoms with van der Waals surface area (Å²) >= 11 is 3.25. The van der Waals surface area contributed by atoms with Gasteiger partial charge in [-0.3, -0.25) is 4.79 Å². The van der Waals surface area contributed by atoms with Crippen LogP contribution in [0.15, 0.2) is 40.9 Å². The van der Waals surface area contributed by atoms with Crippen molar-refractivity contribution in [3.8, 4) is 5.75 Å². The van der Waals surface area contributed by atoms with Gasteiger partial charge in [0.05, 0.1) is 6.61 Å². The number of Topliss-reactive ketones (excluding diaryl/α,β-unsaturated/α-hetero) is 1. The Kier molecular flexibility index (Phi) is 5.07. The Bertz CT molecular complexity index is 648. The van der Waals surface area contributed by atoms with Crippen molar-refractivity contribution in [3.63, 3.8) is 0 Å². The summed E-state index contributed by atoms with van der Waals surface area (Å²) in [5.74, 6) is -1.80. The van der Waals surface area contributed by atoms with E-state index in [1.54, 1.807) is 31.2 Å². The van der Waals surface area contributed by atoms with Crippen molar-refractivity contribution in [2.45, 2.75) is 13.3 Å². The van der Waals surface area contributed by atoms with Crippen LogP contribution < -0.4 is 4.74 Å². The summed E-state index contributed by atoms with van der Waals surface area (Å²) in [6.45, 7) is 2.04. The molecule has 0 unspecified atom stereocenters. The first-order chi connectivity index (χ1) is 10.0. The zero-order chi connectivity index (χ0) is 15.4. The van der Waals surface area contributed by atoms with Crippen molar-refractivity contribution in [3.05, 3.63) is 63.6 Å². The number of benzene rings is 2. The van der Waals surface area contributed by atoms with E-state index in [1.165, 1.54) is 0 Å². The molecule has 0 radical (unpaired) electrons. The highest BCUT2D eigenvalue weighted by Crippen LogP contribution is 2.24. The van der Waals surface area contributed by atoms with Gasteiger partial charge in [0.15, 0.2) is 5.78 Å². The standard InChI is InChI=1S/C16H13BrF2O2/c1-2-21-10-7-14(18)12(15(19)8-10)9-16(20)11-5-3-4-6-13(11)17/h3-8H,2,9H2,1H3. The Morgan fingerprint density at radius 2 is 1.81 bits per heavy atom. The lowest BCUT2D eigenvalue weighted by atomic mass is 10.0. The van der Waals surface area contributed by atoms with Gasteiger partial charge < -0.3 is 4.74 Å². The Labute approximate surface area is 129 Å². The molecular weight excluding hydrogens is 342 g/mol. The molecule has 0 N–H and O–H groups in total. The molecular formula is C16H13BrF2O2. The molecule has 0 aliphatic rings. The van der Waals surface area contributed by atoms with E-state index in [9.17, 15) is 13.6 Å². The van der Waals surface area contributed by atoms with E-state index in [2.05, 4.69) is 15.9 Å². The number of carbonyl (C=O) groups excluding carboxylic acids is 1. The summed E-state index contributed by atoms with van der Waals surface area (Å²) < 4.78 is 33.5. The first-order valence-corrected chi connectivity index (χ1v) is 7.20. The second-order valence-corrected chi connectivity index (χ2v) is 5.23. The van der Waals surface area contributed by atoms with Crippen LogP contribution >= 0.6 is 15.9 Å². The van der Waals surface area contributed by atoms with Crippen LogP contribution in [-0.2, 0) is 6.42 Å². The van der Waals surface area contributed by atoms with Gasteiger partial charge in [-0.2, -0.15) is 0 Å². The Morgan fingerprint density at radius 3 is 2.38 bits per heavy atom. The van der Waals surface area contributed by atoms with Crippen molar-refractivity contribution in [1.29, 1.82) is 0 Å². The van der Waals surface area contributed by atoms with Crippen molar-refractivity contribution in [2.75, 3.05) is 6.61 Å². The highest BCUT2D eigenvalue weighted by Gasteiger charge is 2.17. The van der Waals surface area contributed by atoms with Gasteiger partial charge in [-0.05, 0) is 13.0 Å². The fourth-order valence-electron chi connectivity index (χ4n) is 1.94. The van der Waals surface area contributed by atoms with Crippen LogP contribution in [0, 0.1) is 11.6 Å². The van der Waals surface area contributed by atoms with E-state index in [4.69, 9.17) is 4.74 Å². The number of ketones is 1. The molecule has 2 nitrogen and oxygen atoms in total. The SMILES string of the molecule is CCOc1cc(F)c(CC(=O)c2ccccc2Br)c(F)c1. The third kappa shape index (κ3) is 3.67. The first-order valence-electron chi connectivity index (χ1n) is 6.41. The van der Waals surface area contributed by atoms with E-state index in [1.807, 2.05) is 0 Å². The van der Waals surface area contributed by atoms with Crippen LogP contribution in [0.2, 0.25) is 0 Å². The molecule has 2 rings (SSSR count). The summed E-state index contributed by atoms with van der Waals surface area (Å²) in [5.41, 5.74) is 0.143. The minimum Gasteiger partial charge on any atom is -0.494 e. The number of ether oxygens (including phenoxy) is 1. The maximum absolute atomic E-state index is 13.9. The zero-order valence-electron chi connectivity index (χ0n) is 11.3. The molecule has 2 aromatic rings. The van der Waals surface area contributed by atoms with E-state index in [0.717, 1.165) is 12.1 Å². The van der Waals surface area contributed by atoms with Crippen molar-refractivity contribution < 1.29 is 18.3 Å². The number of halogens is 3. The quantitative estimate of drug-likeness (QED) is 0.736. The van der Waals surface area contributed by atoms with E-state index in [-0.39, 0.29) is 23.5 Å². The van der Waals surface area contributed by atoms with Crippen LogP contribution in [-0.4, -0.2) is 12.4 Å². The predicted molar refractivity (Wildman–Crippen MR) is 79.7 cm³/mol. The molecule has 0 heterocycles. The summed E-state index contributed by atoms with van der Waals surface area (Å²) in [6.07, 6.45) is -0.341. The van der Waals surface area contributed by atoms with E-state index < -0.39 is 11.6 Å². The van der Waals surface area contributed by atoms with Gasteiger partial charge in [-0.25, -0.2) is 8.78 Å². The van der Waals surface area contributed by atoms with Gasteiger partial charge in [-0.1, -0.05) is 34.1 Å². The molecule has 0 aromatic heterocycles. The topological polar surface area (TPSA) is 26.3 Å². The van der Waals surface area contributed by atoms with Crippen LogP contribution in [0.3, 0.4) is 0 Å². The summed E-state index contributed by atoms with van der Waals surface area (Å²) in [7, 11) is 0. The van der Waals surface area contributed by atoms with Gasteiger partial charge in [-0.15, -0.1) is 0 Å².